The van der Waals surface area contributed by atoms with Crippen molar-refractivity contribution in [3.05, 3.63) is 12.8 Å². The van der Waals surface area contributed by atoms with Crippen molar-refractivity contribution in [2.75, 3.05) is 7.05 Å². The van der Waals surface area contributed by atoms with Gasteiger partial charge in [0.15, 0.2) is 0 Å². The molecule has 0 aromatic heterocycles. The Kier molecular flexibility index (Phi) is 5.07. The van der Waals surface area contributed by atoms with Gasteiger partial charge in [-0.3, -0.25) is 0 Å². The Bertz CT molecular complexity index is 168. The quantitative estimate of drug-likeness (QED) is 0.483. The summed E-state index contributed by atoms with van der Waals surface area (Å²) in [5, 5.41) is 2.98. The number of nitrogens with one attached hydrogen (secondary N) is 1. The fourth-order valence-corrected chi connectivity index (χ4v) is 0.645. The number of hydrogen-bond donors (Lipinski definition) is 1. The zero-order valence-electron chi connectivity index (χ0n) is 7.33. The van der Waals surface area contributed by atoms with Gasteiger partial charge in [0.25, 0.3) is 0 Å². The van der Waals surface area contributed by atoms with E-state index in [0.29, 0.717) is 5.92 Å². The molecule has 0 unspecified atom stereocenters. The van der Waals surface area contributed by atoms with Crippen LogP contribution in [0.1, 0.15) is 13.8 Å². The van der Waals surface area contributed by atoms with E-state index in [1.165, 1.54) is 12.5 Å². The maximum absolute atomic E-state index is 4.07. The molecule has 0 atom stereocenters. The molecular formula is C8H15N3. The highest BCUT2D eigenvalue weighted by atomic mass is 15.0. The summed E-state index contributed by atoms with van der Waals surface area (Å²) in [7, 11) is 1.85. The third-order valence-corrected chi connectivity index (χ3v) is 1.17. The van der Waals surface area contributed by atoms with Crippen LogP contribution < -0.4 is 5.32 Å². The van der Waals surface area contributed by atoms with E-state index in [1.54, 1.807) is 0 Å². The van der Waals surface area contributed by atoms with Crippen molar-refractivity contribution in [3.8, 4) is 0 Å². The van der Waals surface area contributed by atoms with Crippen LogP contribution in [0.2, 0.25) is 0 Å². The highest BCUT2D eigenvalue weighted by Gasteiger charge is 1.98. The molecule has 0 aromatic rings. The highest BCUT2D eigenvalue weighted by Crippen LogP contribution is 1.91. The smallest absolute Gasteiger partial charge is 0.117 e. The van der Waals surface area contributed by atoms with Gasteiger partial charge in [-0.15, -0.1) is 0 Å². The zero-order chi connectivity index (χ0) is 8.69. The Morgan fingerprint density at radius 3 is 2.55 bits per heavy atom. The molecule has 0 heterocycles. The first-order valence-corrected chi connectivity index (χ1v) is 3.60. The average molecular weight is 153 g/mol. The Hall–Kier alpha value is -1.12. The summed E-state index contributed by atoms with van der Waals surface area (Å²) in [5.74, 6) is 1.33. The van der Waals surface area contributed by atoms with Gasteiger partial charge in [0.1, 0.15) is 12.2 Å². The average Bonchev–Trinajstić information content (AvgIpc) is 1.97. The molecule has 0 saturated heterocycles. The normalized spacial score (nSPS) is 12.5. The molecule has 0 fully saturated rings. The first-order valence-electron chi connectivity index (χ1n) is 3.60. The van der Waals surface area contributed by atoms with E-state index in [9.17, 15) is 0 Å². The molecule has 1 N–H and O–H groups in total. The van der Waals surface area contributed by atoms with E-state index < -0.39 is 0 Å². The second kappa shape index (κ2) is 5.65. The van der Waals surface area contributed by atoms with Crippen LogP contribution in [0.15, 0.2) is 22.8 Å². The lowest BCUT2D eigenvalue weighted by molar-refractivity contribution is 0.840. The monoisotopic (exact) mass is 153 g/mol. The van der Waals surface area contributed by atoms with E-state index in [2.05, 4.69) is 35.7 Å². The minimum Gasteiger partial charge on any atom is -0.376 e. The third kappa shape index (κ3) is 4.31. The molecule has 0 rings (SSSR count). The lowest BCUT2D eigenvalue weighted by Gasteiger charge is -2.06. The summed E-state index contributed by atoms with van der Waals surface area (Å²) in [4.78, 5) is 7.83. The second-order valence-corrected chi connectivity index (χ2v) is 2.37. The molecule has 0 aliphatic carbocycles. The molecule has 0 aliphatic rings. The zero-order valence-corrected chi connectivity index (χ0v) is 7.33. The summed E-state index contributed by atoms with van der Waals surface area (Å²) >= 11 is 0. The maximum atomic E-state index is 4.07. The number of rotatable bonds is 3. The van der Waals surface area contributed by atoms with E-state index >= 15 is 0 Å². The Labute approximate surface area is 67.9 Å². The minimum atomic E-state index is 0.399. The lowest BCUT2D eigenvalue weighted by Crippen LogP contribution is -2.23. The van der Waals surface area contributed by atoms with Gasteiger partial charge in [0, 0.05) is 19.2 Å². The summed E-state index contributed by atoms with van der Waals surface area (Å²) in [6.07, 6.45) is 2.94. The number of hydrogen-bond acceptors (Lipinski definition) is 1. The molecule has 62 valence electrons. The van der Waals surface area contributed by atoms with Crippen LogP contribution in [0.3, 0.4) is 0 Å². The summed E-state index contributed by atoms with van der Waals surface area (Å²) in [6.45, 7) is 7.57. The molecule has 0 aliphatic heterocycles. The molecule has 11 heavy (non-hydrogen) atoms. The van der Waals surface area contributed by atoms with Crippen molar-refractivity contribution in [1.29, 1.82) is 0 Å². The Morgan fingerprint density at radius 2 is 2.18 bits per heavy atom. The largest absolute Gasteiger partial charge is 0.376 e. The van der Waals surface area contributed by atoms with Crippen molar-refractivity contribution in [1.82, 2.24) is 5.32 Å². The predicted molar refractivity (Wildman–Crippen MR) is 50.0 cm³/mol. The maximum Gasteiger partial charge on any atom is 0.117 e. The van der Waals surface area contributed by atoms with Crippen LogP contribution in [-0.4, -0.2) is 19.2 Å². The SMILES string of the molecule is C=C/N=C\N=C(/NC)C(C)C. The highest BCUT2D eigenvalue weighted by molar-refractivity contribution is 5.89. The third-order valence-electron chi connectivity index (χ3n) is 1.17. The molecule has 0 spiro atoms. The first-order chi connectivity index (χ1) is 5.22. The standard InChI is InChI=1S/C8H15N3/c1-5-10-6-11-8(9-4)7(2)3/h5-7H,1H2,2-4H3,(H,9,10,11). The van der Waals surface area contributed by atoms with Gasteiger partial charge in [0.05, 0.1) is 0 Å². The molecule has 0 bridgehead atoms. The van der Waals surface area contributed by atoms with E-state index in [0.717, 1.165) is 5.84 Å². The molecular weight excluding hydrogens is 138 g/mol. The molecule has 3 heteroatoms. The second-order valence-electron chi connectivity index (χ2n) is 2.37. The van der Waals surface area contributed by atoms with Crippen LogP contribution in [0.25, 0.3) is 0 Å². The van der Waals surface area contributed by atoms with Gasteiger partial charge < -0.3 is 5.32 Å². The van der Waals surface area contributed by atoms with Crippen LogP contribution in [0, 0.1) is 5.92 Å². The first kappa shape index (κ1) is 9.88. The van der Waals surface area contributed by atoms with Gasteiger partial charge in [-0.25, -0.2) is 9.98 Å². The number of amidine groups is 1. The van der Waals surface area contributed by atoms with Crippen LogP contribution >= 0.6 is 0 Å². The van der Waals surface area contributed by atoms with Gasteiger partial charge in [-0.2, -0.15) is 0 Å². The van der Waals surface area contributed by atoms with E-state index in [-0.39, 0.29) is 0 Å². The Balaban J connectivity index is 4.11. The molecule has 0 radical (unpaired) electrons. The molecule has 3 nitrogen and oxygen atoms in total. The van der Waals surface area contributed by atoms with Crippen molar-refractivity contribution < 1.29 is 0 Å². The number of nitrogens with zero attached hydrogens (tertiary/aromatic N) is 2. The predicted octanol–water partition coefficient (Wildman–Crippen LogP) is 1.43. The van der Waals surface area contributed by atoms with Gasteiger partial charge in [-0.1, -0.05) is 20.4 Å². The molecule has 0 aromatic carbocycles. The van der Waals surface area contributed by atoms with Crippen molar-refractivity contribution >= 4 is 12.2 Å². The fraction of sp³-hybridized carbons (Fsp3) is 0.500. The fourth-order valence-electron chi connectivity index (χ4n) is 0.645. The lowest BCUT2D eigenvalue weighted by atomic mass is 10.2. The van der Waals surface area contributed by atoms with Crippen molar-refractivity contribution in [2.45, 2.75) is 13.8 Å². The van der Waals surface area contributed by atoms with Gasteiger partial charge in [0.2, 0.25) is 0 Å². The van der Waals surface area contributed by atoms with E-state index in [1.807, 2.05) is 7.05 Å². The van der Waals surface area contributed by atoms with Crippen LogP contribution in [0.4, 0.5) is 0 Å². The van der Waals surface area contributed by atoms with Gasteiger partial charge in [-0.05, 0) is 0 Å². The van der Waals surface area contributed by atoms with E-state index in [4.69, 9.17) is 0 Å². The summed E-state index contributed by atoms with van der Waals surface area (Å²) in [5.41, 5.74) is 0. The summed E-state index contributed by atoms with van der Waals surface area (Å²) in [6, 6.07) is 0. The van der Waals surface area contributed by atoms with Crippen molar-refractivity contribution in [2.24, 2.45) is 15.9 Å². The minimum absolute atomic E-state index is 0.399. The van der Waals surface area contributed by atoms with Crippen molar-refractivity contribution in [3.63, 3.8) is 0 Å². The summed E-state index contributed by atoms with van der Waals surface area (Å²) < 4.78 is 0. The number of aliphatic imine (C=N–C) groups is 2. The topological polar surface area (TPSA) is 36.8 Å². The molecule has 0 saturated carbocycles. The van der Waals surface area contributed by atoms with Gasteiger partial charge >= 0.3 is 0 Å². The van der Waals surface area contributed by atoms with Crippen LogP contribution in [-0.2, 0) is 0 Å². The Morgan fingerprint density at radius 1 is 1.55 bits per heavy atom. The van der Waals surface area contributed by atoms with Crippen LogP contribution in [0.5, 0.6) is 0 Å². The molecule has 0 amide bonds.